The smallest absolute Gasteiger partial charge is 0.239 e. The zero-order valence-electron chi connectivity index (χ0n) is 11.1. The standard InChI is InChI=1S/C12H20N4OS/c1-4-13-8(2)11-9(3)15-12(18-11)16-6-5-14-10(17)7-16/h8,13H,4-7H2,1-3H3,(H,14,17). The van der Waals surface area contributed by atoms with E-state index in [1.807, 2.05) is 6.92 Å². The molecule has 1 aromatic rings. The fourth-order valence-electron chi connectivity index (χ4n) is 2.13. The van der Waals surface area contributed by atoms with E-state index in [-0.39, 0.29) is 5.91 Å². The number of aromatic nitrogens is 1. The van der Waals surface area contributed by atoms with Crippen LogP contribution in [0.4, 0.5) is 5.13 Å². The van der Waals surface area contributed by atoms with Gasteiger partial charge >= 0.3 is 0 Å². The van der Waals surface area contributed by atoms with Gasteiger partial charge in [0.25, 0.3) is 0 Å². The molecule has 0 bridgehead atoms. The molecule has 6 heteroatoms. The summed E-state index contributed by atoms with van der Waals surface area (Å²) in [6.07, 6.45) is 0. The van der Waals surface area contributed by atoms with Gasteiger partial charge in [-0.1, -0.05) is 18.3 Å². The van der Waals surface area contributed by atoms with Crippen molar-refractivity contribution in [1.29, 1.82) is 0 Å². The highest BCUT2D eigenvalue weighted by molar-refractivity contribution is 7.15. The molecule has 1 saturated heterocycles. The lowest BCUT2D eigenvalue weighted by atomic mass is 10.2. The van der Waals surface area contributed by atoms with Crippen LogP contribution in [0.5, 0.6) is 0 Å². The van der Waals surface area contributed by atoms with E-state index in [9.17, 15) is 4.79 Å². The van der Waals surface area contributed by atoms with Crippen LogP contribution in [0.25, 0.3) is 0 Å². The van der Waals surface area contributed by atoms with Crippen molar-refractivity contribution in [3.63, 3.8) is 0 Å². The highest BCUT2D eigenvalue weighted by atomic mass is 32.1. The van der Waals surface area contributed by atoms with Crippen LogP contribution in [0.15, 0.2) is 0 Å². The second-order valence-electron chi connectivity index (χ2n) is 4.50. The Balaban J connectivity index is 2.14. The highest BCUT2D eigenvalue weighted by Crippen LogP contribution is 2.30. The summed E-state index contributed by atoms with van der Waals surface area (Å²) in [5.41, 5.74) is 1.06. The summed E-state index contributed by atoms with van der Waals surface area (Å²) >= 11 is 1.69. The van der Waals surface area contributed by atoms with Crippen LogP contribution in [0.2, 0.25) is 0 Å². The third-order valence-corrected chi connectivity index (χ3v) is 4.43. The van der Waals surface area contributed by atoms with Gasteiger partial charge in [-0.05, 0) is 20.4 Å². The Morgan fingerprint density at radius 3 is 3.06 bits per heavy atom. The molecule has 2 heterocycles. The number of thiazole rings is 1. The first kappa shape index (κ1) is 13.3. The highest BCUT2D eigenvalue weighted by Gasteiger charge is 2.21. The van der Waals surface area contributed by atoms with E-state index in [2.05, 4.69) is 34.4 Å². The molecule has 0 aliphatic carbocycles. The van der Waals surface area contributed by atoms with Crippen LogP contribution in [-0.2, 0) is 4.79 Å². The first-order chi connectivity index (χ1) is 8.61. The quantitative estimate of drug-likeness (QED) is 0.857. The van der Waals surface area contributed by atoms with Crippen molar-refractivity contribution in [3.05, 3.63) is 10.6 Å². The number of amides is 1. The molecule has 5 nitrogen and oxygen atoms in total. The number of carbonyl (C=O) groups is 1. The fourth-order valence-corrected chi connectivity index (χ4v) is 3.25. The second kappa shape index (κ2) is 5.67. The number of nitrogens with one attached hydrogen (secondary N) is 2. The number of carbonyl (C=O) groups excluding carboxylic acids is 1. The lowest BCUT2D eigenvalue weighted by molar-refractivity contribution is -0.120. The molecule has 1 atom stereocenters. The van der Waals surface area contributed by atoms with Gasteiger partial charge in [0.15, 0.2) is 5.13 Å². The van der Waals surface area contributed by atoms with E-state index in [4.69, 9.17) is 0 Å². The van der Waals surface area contributed by atoms with Crippen LogP contribution in [0.1, 0.15) is 30.5 Å². The summed E-state index contributed by atoms with van der Waals surface area (Å²) in [6, 6.07) is 0.319. The van der Waals surface area contributed by atoms with Gasteiger partial charge in [-0.2, -0.15) is 0 Å². The van der Waals surface area contributed by atoms with Gasteiger partial charge in [-0.25, -0.2) is 4.98 Å². The lowest BCUT2D eigenvalue weighted by Crippen LogP contribution is -2.47. The average Bonchev–Trinajstić information content (AvgIpc) is 2.72. The molecule has 18 heavy (non-hydrogen) atoms. The molecular weight excluding hydrogens is 248 g/mol. The lowest BCUT2D eigenvalue weighted by Gasteiger charge is -2.25. The first-order valence-corrected chi connectivity index (χ1v) is 7.15. The zero-order chi connectivity index (χ0) is 13.1. The molecule has 0 radical (unpaired) electrons. The maximum absolute atomic E-state index is 11.4. The summed E-state index contributed by atoms with van der Waals surface area (Å²) in [4.78, 5) is 19.3. The molecule has 100 valence electrons. The van der Waals surface area contributed by atoms with Gasteiger partial charge in [0, 0.05) is 24.0 Å². The van der Waals surface area contributed by atoms with Crippen LogP contribution in [0.3, 0.4) is 0 Å². The number of anilines is 1. The Kier molecular flexibility index (Phi) is 4.19. The average molecular weight is 268 g/mol. The van der Waals surface area contributed by atoms with Gasteiger partial charge < -0.3 is 15.5 Å². The van der Waals surface area contributed by atoms with Gasteiger partial charge in [-0.3, -0.25) is 4.79 Å². The van der Waals surface area contributed by atoms with Crippen molar-refractivity contribution < 1.29 is 4.79 Å². The van der Waals surface area contributed by atoms with Crippen molar-refractivity contribution >= 4 is 22.4 Å². The third kappa shape index (κ3) is 2.81. The maximum atomic E-state index is 11.4. The van der Waals surface area contributed by atoms with E-state index in [1.165, 1.54) is 4.88 Å². The van der Waals surface area contributed by atoms with Gasteiger partial charge in [0.2, 0.25) is 5.91 Å². The minimum Gasteiger partial charge on any atom is -0.353 e. The number of piperazine rings is 1. The summed E-state index contributed by atoms with van der Waals surface area (Å²) in [5, 5.41) is 7.19. The molecule has 0 aromatic carbocycles. The second-order valence-corrected chi connectivity index (χ2v) is 5.51. The van der Waals surface area contributed by atoms with E-state index in [0.29, 0.717) is 19.1 Å². The third-order valence-electron chi connectivity index (χ3n) is 3.03. The molecule has 1 fully saturated rings. The van der Waals surface area contributed by atoms with Crippen molar-refractivity contribution in [2.75, 3.05) is 31.1 Å². The molecule has 0 saturated carbocycles. The summed E-state index contributed by atoms with van der Waals surface area (Å²) in [6.45, 7) is 9.19. The maximum Gasteiger partial charge on any atom is 0.239 e. The predicted octanol–water partition coefficient (Wildman–Crippen LogP) is 1.06. The minimum absolute atomic E-state index is 0.0791. The number of nitrogens with zero attached hydrogens (tertiary/aromatic N) is 2. The number of hydrogen-bond acceptors (Lipinski definition) is 5. The van der Waals surface area contributed by atoms with Crippen molar-refractivity contribution in [2.24, 2.45) is 0 Å². The molecule has 2 rings (SSSR count). The van der Waals surface area contributed by atoms with E-state index >= 15 is 0 Å². The summed E-state index contributed by atoms with van der Waals surface area (Å²) in [7, 11) is 0. The van der Waals surface area contributed by atoms with Crippen LogP contribution in [-0.4, -0.2) is 37.1 Å². The van der Waals surface area contributed by atoms with E-state index in [1.54, 1.807) is 11.3 Å². The van der Waals surface area contributed by atoms with Crippen LogP contribution >= 0.6 is 11.3 Å². The Morgan fingerprint density at radius 1 is 1.61 bits per heavy atom. The van der Waals surface area contributed by atoms with Crippen molar-refractivity contribution in [1.82, 2.24) is 15.6 Å². The zero-order valence-corrected chi connectivity index (χ0v) is 11.9. The normalized spacial score (nSPS) is 17.7. The molecule has 2 N–H and O–H groups in total. The van der Waals surface area contributed by atoms with Gasteiger partial charge in [-0.15, -0.1) is 0 Å². The molecule has 0 spiro atoms. The summed E-state index contributed by atoms with van der Waals surface area (Å²) in [5.74, 6) is 0.0791. The largest absolute Gasteiger partial charge is 0.353 e. The molecular formula is C12H20N4OS. The van der Waals surface area contributed by atoms with Crippen molar-refractivity contribution in [3.8, 4) is 0 Å². The fraction of sp³-hybridized carbons (Fsp3) is 0.667. The Labute approximate surface area is 112 Å². The Bertz CT molecular complexity index is 432. The monoisotopic (exact) mass is 268 g/mol. The molecule has 1 amide bonds. The van der Waals surface area contributed by atoms with Gasteiger partial charge in [0.1, 0.15) is 0 Å². The summed E-state index contributed by atoms with van der Waals surface area (Å²) < 4.78 is 0. The van der Waals surface area contributed by atoms with E-state index < -0.39 is 0 Å². The topological polar surface area (TPSA) is 57.3 Å². The number of rotatable bonds is 4. The number of hydrogen-bond donors (Lipinski definition) is 2. The molecule has 1 aromatic heterocycles. The van der Waals surface area contributed by atoms with Gasteiger partial charge in [0.05, 0.1) is 12.2 Å². The van der Waals surface area contributed by atoms with Crippen LogP contribution in [0, 0.1) is 6.92 Å². The minimum atomic E-state index is 0.0791. The Hall–Kier alpha value is -1.14. The van der Waals surface area contributed by atoms with Crippen LogP contribution < -0.4 is 15.5 Å². The molecule has 1 unspecified atom stereocenters. The molecule has 1 aliphatic rings. The SMILES string of the molecule is CCNC(C)c1sc(N2CCNC(=O)C2)nc1C. The predicted molar refractivity (Wildman–Crippen MR) is 74.2 cm³/mol. The van der Waals surface area contributed by atoms with E-state index in [0.717, 1.165) is 23.9 Å². The number of aryl methyl sites for hydroxylation is 1. The first-order valence-electron chi connectivity index (χ1n) is 6.34. The Morgan fingerprint density at radius 2 is 2.39 bits per heavy atom. The van der Waals surface area contributed by atoms with Crippen molar-refractivity contribution in [2.45, 2.75) is 26.8 Å². The molecule has 1 aliphatic heterocycles.